The summed E-state index contributed by atoms with van der Waals surface area (Å²) in [6.07, 6.45) is 8.53. The first-order valence-electron chi connectivity index (χ1n) is 8.62. The summed E-state index contributed by atoms with van der Waals surface area (Å²) in [5.41, 5.74) is 2.09. The van der Waals surface area contributed by atoms with Crippen molar-refractivity contribution in [1.29, 1.82) is 0 Å². The number of methoxy groups -OCH3 is 2. The van der Waals surface area contributed by atoms with Gasteiger partial charge in [0.05, 0.1) is 25.4 Å². The Kier molecular flexibility index (Phi) is 7.82. The fourth-order valence-electron chi connectivity index (χ4n) is 3.10. The molecule has 0 saturated heterocycles. The van der Waals surface area contributed by atoms with Crippen LogP contribution in [0.5, 0.6) is 11.5 Å². The molecule has 138 valence electrons. The van der Waals surface area contributed by atoms with Crippen LogP contribution in [0.4, 0.5) is 0 Å². The topological polar surface area (TPSA) is 84.7 Å². The number of hydrogen-bond donors (Lipinski definition) is 2. The third-order valence-electron chi connectivity index (χ3n) is 4.45. The van der Waals surface area contributed by atoms with Gasteiger partial charge in [-0.1, -0.05) is 26.2 Å². The van der Waals surface area contributed by atoms with E-state index in [2.05, 4.69) is 9.97 Å². The zero-order valence-corrected chi connectivity index (χ0v) is 16.0. The van der Waals surface area contributed by atoms with Crippen LogP contribution in [0.15, 0.2) is 18.5 Å². The van der Waals surface area contributed by atoms with Gasteiger partial charge in [-0.2, -0.15) is 0 Å². The molecule has 1 aliphatic rings. The monoisotopic (exact) mass is 366 g/mol. The molecule has 0 unspecified atom stereocenters. The van der Waals surface area contributed by atoms with Gasteiger partial charge < -0.3 is 19.3 Å². The van der Waals surface area contributed by atoms with E-state index in [1.807, 2.05) is 12.1 Å². The van der Waals surface area contributed by atoms with E-state index in [0.717, 1.165) is 22.3 Å². The van der Waals surface area contributed by atoms with Crippen LogP contribution < -0.4 is 9.47 Å². The molecular weight excluding hydrogens is 339 g/mol. The molecule has 0 aliphatic heterocycles. The van der Waals surface area contributed by atoms with Crippen LogP contribution in [0.2, 0.25) is 0 Å². The lowest BCUT2D eigenvalue weighted by molar-refractivity contribution is 0.355. The van der Waals surface area contributed by atoms with Crippen molar-refractivity contribution in [2.45, 2.75) is 44.9 Å². The summed E-state index contributed by atoms with van der Waals surface area (Å²) in [7, 11) is 1.71. The van der Waals surface area contributed by atoms with Gasteiger partial charge in [-0.25, -0.2) is 9.97 Å². The highest BCUT2D eigenvalue weighted by Crippen LogP contribution is 2.38. The number of rotatable bonds is 4. The quantitative estimate of drug-likeness (QED) is 0.796. The molecule has 7 heteroatoms. The van der Waals surface area contributed by atoms with Gasteiger partial charge in [0, 0.05) is 23.5 Å². The lowest BCUT2D eigenvalue weighted by Gasteiger charge is -2.22. The third kappa shape index (κ3) is 5.24. The number of ether oxygens (including phenoxy) is 2. The Labute approximate surface area is 150 Å². The van der Waals surface area contributed by atoms with Crippen molar-refractivity contribution >= 4 is 19.3 Å². The highest BCUT2D eigenvalue weighted by atomic mass is 31.2. The summed E-state index contributed by atoms with van der Waals surface area (Å²) in [5, 5.41) is 1.09. The molecule has 0 bridgehead atoms. The molecule has 0 radical (unpaired) electrons. The molecule has 0 amide bonds. The van der Waals surface area contributed by atoms with E-state index in [9.17, 15) is 0 Å². The van der Waals surface area contributed by atoms with Gasteiger partial charge in [-0.05, 0) is 18.9 Å². The predicted molar refractivity (Wildman–Crippen MR) is 100 cm³/mol. The van der Waals surface area contributed by atoms with Crippen molar-refractivity contribution in [3.05, 3.63) is 24.2 Å². The second kappa shape index (κ2) is 9.85. The third-order valence-corrected chi connectivity index (χ3v) is 5.01. The van der Waals surface area contributed by atoms with E-state index in [1.54, 1.807) is 27.5 Å². The Hall–Kier alpha value is -1.49. The second-order valence-corrected chi connectivity index (χ2v) is 7.38. The number of aromatic nitrogens is 2. The molecule has 2 aromatic rings. The first-order valence-corrected chi connectivity index (χ1v) is 10.1. The lowest BCUT2D eigenvalue weighted by Crippen LogP contribution is -2.07. The van der Waals surface area contributed by atoms with Crippen LogP contribution in [0.1, 0.15) is 50.6 Å². The highest BCUT2D eigenvalue weighted by molar-refractivity contribution is 7.45. The van der Waals surface area contributed by atoms with Crippen LogP contribution in [-0.2, 0) is 0 Å². The molecule has 1 heterocycles. The molecule has 0 atom stereocenters. The summed E-state index contributed by atoms with van der Waals surface area (Å²) in [6.45, 7) is 1.73. The molecule has 1 aromatic heterocycles. The van der Waals surface area contributed by atoms with E-state index in [1.165, 1.54) is 32.1 Å². The van der Waals surface area contributed by atoms with E-state index >= 15 is 0 Å². The highest BCUT2D eigenvalue weighted by Gasteiger charge is 2.20. The van der Waals surface area contributed by atoms with E-state index < -0.39 is 8.38 Å². The fourth-order valence-corrected chi connectivity index (χ4v) is 3.10. The molecule has 1 aromatic carbocycles. The van der Waals surface area contributed by atoms with Crippen LogP contribution in [0, 0.1) is 0 Å². The molecule has 3 rings (SSSR count). The normalized spacial score (nSPS) is 15.0. The molecule has 2 N–H and O–H groups in total. The van der Waals surface area contributed by atoms with Crippen LogP contribution in [0.25, 0.3) is 10.9 Å². The van der Waals surface area contributed by atoms with Gasteiger partial charge in [0.2, 0.25) is 0 Å². The fraction of sp³-hybridized carbons (Fsp3) is 0.556. The number of benzene rings is 1. The maximum atomic E-state index is 7.98. The van der Waals surface area contributed by atoms with E-state index in [0.29, 0.717) is 17.8 Å². The lowest BCUT2D eigenvalue weighted by atomic mass is 9.85. The largest absolute Gasteiger partial charge is 0.493 e. The molecular formula is C18H27N2O4P. The first kappa shape index (κ1) is 19.8. The van der Waals surface area contributed by atoms with Gasteiger partial charge in [-0.3, -0.25) is 0 Å². The summed E-state index contributed by atoms with van der Waals surface area (Å²) >= 11 is 0. The number of nitrogens with zero attached hydrogens (tertiary/aromatic N) is 2. The Morgan fingerprint density at radius 1 is 1.04 bits per heavy atom. The maximum Gasteiger partial charge on any atom is 0.164 e. The van der Waals surface area contributed by atoms with Crippen LogP contribution in [0.3, 0.4) is 0 Å². The Bertz CT molecular complexity index is 675. The second-order valence-electron chi connectivity index (χ2n) is 6.01. The standard InChI is InChI=1S/C16H20N2O2.C2H7O2P/c1-19-14-8-12-13(9-15(14)20-2)17-10-18-16(12)11-6-4-3-5-7-11;1-2-5(3)4/h8-11H,3-7H2,1-2H3;3-4H,2H2,1H3. The number of hydrogen-bond acceptors (Lipinski definition) is 6. The molecule has 1 aliphatic carbocycles. The first-order chi connectivity index (χ1) is 12.1. The predicted octanol–water partition coefficient (Wildman–Crippen LogP) is 4.00. The Balaban J connectivity index is 0.000000399. The van der Waals surface area contributed by atoms with Gasteiger partial charge in [0.15, 0.2) is 19.9 Å². The van der Waals surface area contributed by atoms with Gasteiger partial charge >= 0.3 is 0 Å². The molecule has 25 heavy (non-hydrogen) atoms. The van der Waals surface area contributed by atoms with Crippen molar-refractivity contribution in [2.75, 3.05) is 20.4 Å². The SMILES string of the molecule is CCP(O)O.COc1cc2ncnc(C3CCCCC3)c2cc1OC. The average Bonchev–Trinajstić information content (AvgIpc) is 2.67. The molecule has 0 spiro atoms. The summed E-state index contributed by atoms with van der Waals surface area (Å²) in [5.74, 6) is 2.01. The summed E-state index contributed by atoms with van der Waals surface area (Å²) in [4.78, 5) is 24.9. The van der Waals surface area contributed by atoms with Crippen LogP contribution in [-0.4, -0.2) is 40.1 Å². The minimum absolute atomic E-state index is 0.481. The van der Waals surface area contributed by atoms with E-state index in [4.69, 9.17) is 19.3 Å². The van der Waals surface area contributed by atoms with Crippen LogP contribution >= 0.6 is 8.38 Å². The average molecular weight is 366 g/mol. The van der Waals surface area contributed by atoms with Crippen molar-refractivity contribution in [3.63, 3.8) is 0 Å². The van der Waals surface area contributed by atoms with E-state index in [-0.39, 0.29) is 0 Å². The zero-order chi connectivity index (χ0) is 18.2. The zero-order valence-electron chi connectivity index (χ0n) is 15.1. The Morgan fingerprint density at radius 2 is 1.64 bits per heavy atom. The van der Waals surface area contributed by atoms with Crippen molar-refractivity contribution < 1.29 is 19.3 Å². The minimum Gasteiger partial charge on any atom is -0.493 e. The van der Waals surface area contributed by atoms with Gasteiger partial charge in [0.25, 0.3) is 0 Å². The molecule has 1 saturated carbocycles. The summed E-state index contributed by atoms with van der Waals surface area (Å²) < 4.78 is 10.8. The minimum atomic E-state index is -1.60. The molecule has 6 nitrogen and oxygen atoms in total. The van der Waals surface area contributed by atoms with Crippen molar-refractivity contribution in [1.82, 2.24) is 9.97 Å². The maximum absolute atomic E-state index is 7.98. The van der Waals surface area contributed by atoms with Crippen molar-refractivity contribution in [2.24, 2.45) is 0 Å². The molecule has 1 fully saturated rings. The van der Waals surface area contributed by atoms with Gasteiger partial charge in [0.1, 0.15) is 6.33 Å². The summed E-state index contributed by atoms with van der Waals surface area (Å²) in [6, 6.07) is 3.94. The smallest absolute Gasteiger partial charge is 0.164 e. The van der Waals surface area contributed by atoms with Crippen molar-refractivity contribution in [3.8, 4) is 11.5 Å². The number of fused-ring (bicyclic) bond motifs is 1. The Morgan fingerprint density at radius 3 is 2.20 bits per heavy atom. The van der Waals surface area contributed by atoms with Gasteiger partial charge in [-0.15, -0.1) is 0 Å².